The van der Waals surface area contributed by atoms with Crippen LogP contribution in [0.3, 0.4) is 0 Å². The third-order valence-electron chi connectivity index (χ3n) is 8.95. The Morgan fingerprint density at radius 1 is 0.674 bits per heavy atom. The van der Waals surface area contributed by atoms with E-state index in [1.165, 1.54) is 44.3 Å². The Hall–Kier alpha value is -5.16. The van der Waals surface area contributed by atoms with Gasteiger partial charge in [0.05, 0.1) is 28.1 Å². The van der Waals surface area contributed by atoms with Crippen LogP contribution in [0.2, 0.25) is 0 Å². The van der Waals surface area contributed by atoms with Crippen molar-refractivity contribution in [3.63, 3.8) is 0 Å². The summed E-state index contributed by atoms with van der Waals surface area (Å²) in [5.74, 6) is 2.46. The van der Waals surface area contributed by atoms with Gasteiger partial charge in [-0.05, 0) is 118 Å². The summed E-state index contributed by atoms with van der Waals surface area (Å²) in [6, 6.07) is 32.0. The summed E-state index contributed by atoms with van der Waals surface area (Å²) in [5.41, 5.74) is 12.9. The van der Waals surface area contributed by atoms with Crippen LogP contribution in [0.1, 0.15) is 53.4 Å². The first kappa shape index (κ1) is 29.5. The number of ether oxygens (including phenoxy) is 1. The minimum Gasteiger partial charge on any atom is -0.457 e. The molecule has 46 heavy (non-hydrogen) atoms. The lowest BCUT2D eigenvalue weighted by atomic mass is 9.93. The zero-order valence-corrected chi connectivity index (χ0v) is 27.6. The van der Waals surface area contributed by atoms with Gasteiger partial charge in [-0.25, -0.2) is 9.67 Å². The van der Waals surface area contributed by atoms with Gasteiger partial charge in [0, 0.05) is 34.7 Å². The van der Waals surface area contributed by atoms with E-state index in [0.29, 0.717) is 0 Å². The van der Waals surface area contributed by atoms with Gasteiger partial charge >= 0.3 is 0 Å². The standard InChI is InChI=1S/C41H40N4O/c1-7-8-15-37-41(40-28(4)12-11-13-29(40)5)30(6)43-45(37)31-21-27(3)22-33(24-31)46-32-17-18-35-34-14-9-10-16-36(34)44(38(35)25-32)39-23-26(2)19-20-42-39/h9-14,16-25H,7-8,15H2,1-6H3. The van der Waals surface area contributed by atoms with Gasteiger partial charge in [-0.1, -0.05) is 49.7 Å². The fraction of sp³-hybridized carbons (Fsp3) is 0.220. The van der Waals surface area contributed by atoms with Crippen LogP contribution in [-0.4, -0.2) is 19.3 Å². The molecule has 3 heterocycles. The van der Waals surface area contributed by atoms with Crippen molar-refractivity contribution in [1.29, 1.82) is 0 Å². The quantitative estimate of drug-likeness (QED) is 0.173. The highest BCUT2D eigenvalue weighted by Gasteiger charge is 2.21. The highest BCUT2D eigenvalue weighted by Crippen LogP contribution is 2.38. The molecule has 7 aromatic rings. The van der Waals surface area contributed by atoms with Crippen molar-refractivity contribution in [3.8, 4) is 34.1 Å². The topological polar surface area (TPSA) is 44.9 Å². The van der Waals surface area contributed by atoms with E-state index in [9.17, 15) is 0 Å². The third-order valence-corrected chi connectivity index (χ3v) is 8.95. The SMILES string of the molecule is CCCCc1c(-c2c(C)cccc2C)c(C)nn1-c1cc(C)cc(Oc2ccc3c4ccccc4n(-c4cc(C)ccn4)c3c2)c1. The molecule has 0 bridgehead atoms. The molecule has 5 heteroatoms. The zero-order valence-electron chi connectivity index (χ0n) is 27.6. The molecule has 7 rings (SSSR count). The van der Waals surface area contributed by atoms with Crippen LogP contribution in [0.4, 0.5) is 0 Å². The summed E-state index contributed by atoms with van der Waals surface area (Å²) in [6.45, 7) is 13.0. The van der Waals surface area contributed by atoms with Crippen molar-refractivity contribution in [2.45, 2.75) is 60.8 Å². The maximum atomic E-state index is 6.65. The van der Waals surface area contributed by atoms with Crippen molar-refractivity contribution in [1.82, 2.24) is 19.3 Å². The molecule has 0 radical (unpaired) electrons. The van der Waals surface area contributed by atoms with Crippen LogP contribution in [0.5, 0.6) is 11.5 Å². The normalized spacial score (nSPS) is 11.5. The number of para-hydroxylation sites is 1. The first-order valence-corrected chi connectivity index (χ1v) is 16.2. The van der Waals surface area contributed by atoms with Crippen LogP contribution < -0.4 is 4.74 Å². The number of unbranched alkanes of at least 4 members (excludes halogenated alkanes) is 1. The van der Waals surface area contributed by atoms with Crippen LogP contribution in [0.25, 0.3) is 44.4 Å². The van der Waals surface area contributed by atoms with Crippen molar-refractivity contribution in [3.05, 3.63) is 131 Å². The van der Waals surface area contributed by atoms with Crippen molar-refractivity contribution in [2.24, 2.45) is 0 Å². The number of pyridine rings is 1. The van der Waals surface area contributed by atoms with Gasteiger partial charge in [-0.3, -0.25) is 4.57 Å². The Labute approximate surface area is 271 Å². The number of aryl methyl sites for hydroxylation is 5. The number of rotatable bonds is 8. The number of aromatic nitrogens is 4. The molecule has 0 unspecified atom stereocenters. The van der Waals surface area contributed by atoms with Crippen molar-refractivity contribution < 1.29 is 4.74 Å². The predicted molar refractivity (Wildman–Crippen MR) is 190 cm³/mol. The molecule has 4 aromatic carbocycles. The van der Waals surface area contributed by atoms with Gasteiger partial charge in [0.15, 0.2) is 0 Å². The van der Waals surface area contributed by atoms with Gasteiger partial charge in [0.1, 0.15) is 17.3 Å². The first-order chi connectivity index (χ1) is 22.3. The second-order valence-electron chi connectivity index (χ2n) is 12.5. The molecule has 0 aliphatic heterocycles. The molecule has 5 nitrogen and oxygen atoms in total. The predicted octanol–water partition coefficient (Wildman–Crippen LogP) is 10.7. The van der Waals surface area contributed by atoms with E-state index >= 15 is 0 Å². The van der Waals surface area contributed by atoms with Crippen molar-refractivity contribution >= 4 is 21.8 Å². The zero-order chi connectivity index (χ0) is 31.9. The maximum Gasteiger partial charge on any atom is 0.137 e. The summed E-state index contributed by atoms with van der Waals surface area (Å²) >= 11 is 0. The Morgan fingerprint density at radius 3 is 2.24 bits per heavy atom. The highest BCUT2D eigenvalue weighted by atomic mass is 16.5. The Kier molecular flexibility index (Phi) is 7.69. The molecule has 230 valence electrons. The lowest BCUT2D eigenvalue weighted by molar-refractivity contribution is 0.482. The van der Waals surface area contributed by atoms with Crippen LogP contribution >= 0.6 is 0 Å². The molecule has 0 saturated carbocycles. The molecule has 0 atom stereocenters. The largest absolute Gasteiger partial charge is 0.457 e. The highest BCUT2D eigenvalue weighted by molar-refractivity contribution is 6.09. The Bertz CT molecular complexity index is 2220. The first-order valence-electron chi connectivity index (χ1n) is 16.2. The molecule has 0 saturated heterocycles. The Morgan fingerprint density at radius 2 is 1.46 bits per heavy atom. The van der Waals surface area contributed by atoms with E-state index in [-0.39, 0.29) is 0 Å². The molecule has 0 aliphatic carbocycles. The van der Waals surface area contributed by atoms with Gasteiger partial charge in [-0.15, -0.1) is 0 Å². The Balaban J connectivity index is 1.33. The molecular formula is C41H40N4O. The fourth-order valence-corrected chi connectivity index (χ4v) is 6.85. The van der Waals surface area contributed by atoms with E-state index in [1.807, 2.05) is 12.3 Å². The van der Waals surface area contributed by atoms with E-state index in [1.54, 1.807) is 0 Å². The second kappa shape index (κ2) is 12.0. The van der Waals surface area contributed by atoms with E-state index in [4.69, 9.17) is 14.8 Å². The monoisotopic (exact) mass is 604 g/mol. The summed E-state index contributed by atoms with van der Waals surface area (Å²) in [4.78, 5) is 4.74. The molecule has 0 aliphatic rings. The third kappa shape index (κ3) is 5.26. The van der Waals surface area contributed by atoms with E-state index in [2.05, 4.69) is 136 Å². The molecule has 0 N–H and O–H groups in total. The summed E-state index contributed by atoms with van der Waals surface area (Å²) < 4.78 is 11.0. The van der Waals surface area contributed by atoms with E-state index < -0.39 is 0 Å². The van der Waals surface area contributed by atoms with Crippen LogP contribution in [-0.2, 0) is 6.42 Å². The minimum atomic E-state index is 0.778. The van der Waals surface area contributed by atoms with Gasteiger partial charge in [0.25, 0.3) is 0 Å². The lowest BCUT2D eigenvalue weighted by Crippen LogP contribution is -2.04. The number of hydrogen-bond donors (Lipinski definition) is 0. The number of benzene rings is 4. The molecule has 0 fully saturated rings. The summed E-state index contributed by atoms with van der Waals surface area (Å²) in [7, 11) is 0. The van der Waals surface area contributed by atoms with E-state index in [0.717, 1.165) is 64.6 Å². The molecular weight excluding hydrogens is 564 g/mol. The van der Waals surface area contributed by atoms with Gasteiger partial charge < -0.3 is 4.74 Å². The van der Waals surface area contributed by atoms with Crippen LogP contribution in [0, 0.1) is 34.6 Å². The van der Waals surface area contributed by atoms with Gasteiger partial charge in [-0.2, -0.15) is 5.10 Å². The summed E-state index contributed by atoms with van der Waals surface area (Å²) in [6.07, 6.45) is 5.05. The average molecular weight is 605 g/mol. The smallest absolute Gasteiger partial charge is 0.137 e. The lowest BCUT2D eigenvalue weighted by Gasteiger charge is -2.15. The minimum absolute atomic E-state index is 0.778. The second-order valence-corrected chi connectivity index (χ2v) is 12.5. The van der Waals surface area contributed by atoms with Crippen LogP contribution in [0.15, 0.2) is 97.2 Å². The fourth-order valence-electron chi connectivity index (χ4n) is 6.85. The number of nitrogens with zero attached hydrogens (tertiary/aromatic N) is 4. The number of hydrogen-bond acceptors (Lipinski definition) is 3. The summed E-state index contributed by atoms with van der Waals surface area (Å²) in [5, 5.41) is 7.51. The average Bonchev–Trinajstić information content (AvgIpc) is 3.53. The van der Waals surface area contributed by atoms with Crippen molar-refractivity contribution in [2.75, 3.05) is 0 Å². The maximum absolute atomic E-state index is 6.65. The number of fused-ring (bicyclic) bond motifs is 3. The molecule has 0 amide bonds. The molecule has 0 spiro atoms. The van der Waals surface area contributed by atoms with Gasteiger partial charge in [0.2, 0.25) is 0 Å². The molecule has 3 aromatic heterocycles.